The predicted molar refractivity (Wildman–Crippen MR) is 125 cm³/mol. The number of Topliss-reactive ketones (excluding diaryl/α,β-unsaturated/α-hetero) is 1. The maximum atomic E-state index is 13.1. The van der Waals surface area contributed by atoms with Crippen LogP contribution in [-0.2, 0) is 9.59 Å². The molecule has 1 aliphatic heterocycles. The van der Waals surface area contributed by atoms with Gasteiger partial charge in [-0.3, -0.25) is 14.5 Å². The summed E-state index contributed by atoms with van der Waals surface area (Å²) >= 11 is 8.73. The number of nitrogens with zero attached hydrogens (tertiary/aromatic N) is 2. The number of benzene rings is 2. The van der Waals surface area contributed by atoms with Gasteiger partial charge in [-0.2, -0.15) is 0 Å². The van der Waals surface area contributed by atoms with Gasteiger partial charge >= 0.3 is 5.91 Å². The second-order valence-electron chi connectivity index (χ2n) is 7.16. The van der Waals surface area contributed by atoms with Gasteiger partial charge in [-0.1, -0.05) is 35.1 Å². The maximum Gasteiger partial charge on any atom is 0.301 e. The summed E-state index contributed by atoms with van der Waals surface area (Å²) in [5.74, 6) is -1.67. The van der Waals surface area contributed by atoms with Crippen molar-refractivity contribution in [3.8, 4) is 0 Å². The summed E-state index contributed by atoms with van der Waals surface area (Å²) in [6.07, 6.45) is 0. The standard InChI is InChI=1S/C23H15ClN2O3S2/c1-12-4-9-15-17(11-12)31-23(25-15)26-19(16-3-2-10-30-16)18(21(28)22(26)29)20(27)13-5-7-14(24)8-6-13/h2-11,19,27H,1H3/b20-18+. The summed E-state index contributed by atoms with van der Waals surface area (Å²) in [5, 5.41) is 13.8. The number of fused-ring (bicyclic) bond motifs is 1. The number of aliphatic hydroxyl groups excluding tert-OH is 1. The van der Waals surface area contributed by atoms with Gasteiger partial charge in [-0.15, -0.1) is 11.3 Å². The van der Waals surface area contributed by atoms with Crippen molar-refractivity contribution < 1.29 is 14.7 Å². The number of hydrogen-bond donors (Lipinski definition) is 1. The molecule has 154 valence electrons. The van der Waals surface area contributed by atoms with E-state index < -0.39 is 17.7 Å². The summed E-state index contributed by atoms with van der Waals surface area (Å²) in [4.78, 5) is 33.0. The highest BCUT2D eigenvalue weighted by Crippen LogP contribution is 2.45. The van der Waals surface area contributed by atoms with Gasteiger partial charge in [0.25, 0.3) is 5.78 Å². The summed E-state index contributed by atoms with van der Waals surface area (Å²) in [6.45, 7) is 1.99. The number of carbonyl (C=O) groups is 2. The van der Waals surface area contributed by atoms with E-state index in [1.807, 2.05) is 42.6 Å². The quantitative estimate of drug-likeness (QED) is 0.230. The van der Waals surface area contributed by atoms with Crippen LogP contribution in [0.4, 0.5) is 5.13 Å². The van der Waals surface area contributed by atoms with Gasteiger partial charge in [0.15, 0.2) is 5.13 Å². The Morgan fingerprint density at radius 1 is 1.13 bits per heavy atom. The first-order chi connectivity index (χ1) is 14.9. The normalized spacial score (nSPS) is 18.3. The second kappa shape index (κ2) is 7.60. The van der Waals surface area contributed by atoms with Crippen LogP contribution < -0.4 is 4.90 Å². The SMILES string of the molecule is Cc1ccc2nc(N3C(=O)C(=O)/C(=C(/O)c4ccc(Cl)cc4)C3c3cccs3)sc2c1. The summed E-state index contributed by atoms with van der Waals surface area (Å²) in [6, 6.07) is 15.3. The van der Waals surface area contributed by atoms with E-state index in [0.717, 1.165) is 20.7 Å². The highest BCUT2D eigenvalue weighted by molar-refractivity contribution is 7.22. The summed E-state index contributed by atoms with van der Waals surface area (Å²) in [7, 11) is 0. The largest absolute Gasteiger partial charge is 0.507 e. The topological polar surface area (TPSA) is 70.5 Å². The van der Waals surface area contributed by atoms with Crippen molar-refractivity contribution in [2.75, 3.05) is 4.90 Å². The van der Waals surface area contributed by atoms with E-state index in [2.05, 4.69) is 4.98 Å². The number of aromatic nitrogens is 1. The third-order valence-electron chi connectivity index (χ3n) is 5.11. The van der Waals surface area contributed by atoms with Crippen LogP contribution in [0, 0.1) is 6.92 Å². The van der Waals surface area contributed by atoms with Crippen LogP contribution in [0.1, 0.15) is 22.0 Å². The van der Waals surface area contributed by atoms with Crippen molar-refractivity contribution in [2.45, 2.75) is 13.0 Å². The number of anilines is 1. The van der Waals surface area contributed by atoms with Crippen molar-refractivity contribution >= 4 is 67.1 Å². The lowest BCUT2D eigenvalue weighted by Crippen LogP contribution is -2.28. The van der Waals surface area contributed by atoms with Crippen molar-refractivity contribution in [3.63, 3.8) is 0 Å². The predicted octanol–water partition coefficient (Wildman–Crippen LogP) is 5.95. The van der Waals surface area contributed by atoms with Crippen LogP contribution in [0.3, 0.4) is 0 Å². The molecule has 1 fully saturated rings. The Bertz CT molecular complexity index is 1360. The number of aryl methyl sites for hydroxylation is 1. The van der Waals surface area contributed by atoms with Crippen LogP contribution in [0.5, 0.6) is 0 Å². The van der Waals surface area contributed by atoms with Crippen molar-refractivity contribution in [3.05, 3.63) is 86.6 Å². The van der Waals surface area contributed by atoms with Gasteiger partial charge in [-0.05, 0) is 60.3 Å². The van der Waals surface area contributed by atoms with Crippen molar-refractivity contribution in [1.82, 2.24) is 4.98 Å². The van der Waals surface area contributed by atoms with Crippen LogP contribution in [0.2, 0.25) is 5.02 Å². The number of thiazole rings is 1. The number of carbonyl (C=O) groups excluding carboxylic acids is 2. The minimum atomic E-state index is -0.752. The van der Waals surface area contributed by atoms with E-state index in [1.165, 1.54) is 27.6 Å². The van der Waals surface area contributed by atoms with Gasteiger partial charge in [-0.25, -0.2) is 4.98 Å². The molecule has 0 saturated carbocycles. The fraction of sp³-hybridized carbons (Fsp3) is 0.0870. The molecule has 0 radical (unpaired) electrons. The Morgan fingerprint density at radius 2 is 1.90 bits per heavy atom. The van der Waals surface area contributed by atoms with Gasteiger partial charge in [0, 0.05) is 15.5 Å². The number of halogens is 1. The fourth-order valence-corrected chi connectivity index (χ4v) is 5.67. The Hall–Kier alpha value is -3.00. The first kappa shape index (κ1) is 19.9. The van der Waals surface area contributed by atoms with E-state index in [1.54, 1.807) is 24.3 Å². The molecular weight excluding hydrogens is 452 g/mol. The molecule has 4 aromatic rings. The Morgan fingerprint density at radius 3 is 2.61 bits per heavy atom. The zero-order valence-electron chi connectivity index (χ0n) is 16.2. The molecule has 1 aliphatic rings. The highest BCUT2D eigenvalue weighted by atomic mass is 35.5. The molecule has 1 atom stereocenters. The highest BCUT2D eigenvalue weighted by Gasteiger charge is 2.48. The van der Waals surface area contributed by atoms with Crippen molar-refractivity contribution in [2.24, 2.45) is 0 Å². The molecule has 1 amide bonds. The van der Waals surface area contributed by atoms with E-state index >= 15 is 0 Å². The van der Waals surface area contributed by atoms with E-state index in [-0.39, 0.29) is 11.3 Å². The first-order valence-corrected chi connectivity index (χ1v) is 11.5. The zero-order chi connectivity index (χ0) is 21.7. The number of aliphatic hydroxyl groups is 1. The Kier molecular flexibility index (Phi) is 4.89. The fourth-order valence-electron chi connectivity index (χ4n) is 3.63. The molecule has 31 heavy (non-hydrogen) atoms. The molecule has 0 bridgehead atoms. The van der Waals surface area contributed by atoms with Gasteiger partial charge in [0.1, 0.15) is 11.8 Å². The molecule has 5 nitrogen and oxygen atoms in total. The average molecular weight is 467 g/mol. The summed E-state index contributed by atoms with van der Waals surface area (Å²) < 4.78 is 0.930. The number of amides is 1. The number of ketones is 1. The zero-order valence-corrected chi connectivity index (χ0v) is 18.6. The second-order valence-corrected chi connectivity index (χ2v) is 9.58. The molecule has 2 aromatic heterocycles. The van der Waals surface area contributed by atoms with Crippen molar-refractivity contribution in [1.29, 1.82) is 0 Å². The third kappa shape index (κ3) is 3.35. The Labute approximate surface area is 190 Å². The number of rotatable bonds is 3. The van der Waals surface area contributed by atoms with Gasteiger partial charge in [0.05, 0.1) is 15.8 Å². The molecule has 3 heterocycles. The lowest BCUT2D eigenvalue weighted by Gasteiger charge is -2.21. The molecule has 1 unspecified atom stereocenters. The number of hydrogen-bond acceptors (Lipinski definition) is 6. The molecule has 5 rings (SSSR count). The monoisotopic (exact) mass is 466 g/mol. The molecule has 8 heteroatoms. The molecular formula is C23H15ClN2O3S2. The minimum Gasteiger partial charge on any atom is -0.507 e. The lowest BCUT2D eigenvalue weighted by atomic mass is 10.00. The molecule has 0 aliphatic carbocycles. The molecule has 1 saturated heterocycles. The lowest BCUT2D eigenvalue weighted by molar-refractivity contribution is -0.132. The van der Waals surface area contributed by atoms with Gasteiger partial charge < -0.3 is 5.11 Å². The third-order valence-corrected chi connectivity index (χ3v) is 7.31. The summed E-state index contributed by atoms with van der Waals surface area (Å²) in [5.41, 5.74) is 2.31. The minimum absolute atomic E-state index is 0.0465. The van der Waals surface area contributed by atoms with E-state index in [4.69, 9.17) is 11.6 Å². The molecule has 1 N–H and O–H groups in total. The number of thiophene rings is 1. The maximum absolute atomic E-state index is 13.1. The van der Waals surface area contributed by atoms with E-state index in [9.17, 15) is 14.7 Å². The van der Waals surface area contributed by atoms with Crippen LogP contribution in [-0.4, -0.2) is 21.8 Å². The smallest absolute Gasteiger partial charge is 0.301 e. The first-order valence-electron chi connectivity index (χ1n) is 9.41. The van der Waals surface area contributed by atoms with Gasteiger partial charge in [0.2, 0.25) is 0 Å². The molecule has 0 spiro atoms. The van der Waals surface area contributed by atoms with E-state index in [0.29, 0.717) is 15.7 Å². The van der Waals surface area contributed by atoms with Crippen LogP contribution in [0.15, 0.2) is 65.6 Å². The average Bonchev–Trinajstić information content (AvgIpc) is 3.47. The molecule has 2 aromatic carbocycles. The van der Waals surface area contributed by atoms with Crippen LogP contribution in [0.25, 0.3) is 16.0 Å². The van der Waals surface area contributed by atoms with Crippen LogP contribution >= 0.6 is 34.3 Å². The Balaban J connectivity index is 1.71.